The minimum absolute atomic E-state index is 0.0801. The number of nitrogens with zero attached hydrogens (tertiary/aromatic N) is 3. The number of rotatable bonds is 4. The van der Waals surface area contributed by atoms with Gasteiger partial charge >= 0.3 is 0 Å². The van der Waals surface area contributed by atoms with E-state index in [1.54, 1.807) is 36.4 Å². The van der Waals surface area contributed by atoms with Crippen LogP contribution >= 0.6 is 11.3 Å². The summed E-state index contributed by atoms with van der Waals surface area (Å²) in [6.45, 7) is 2.27. The Hall–Kier alpha value is -1.75. The Balaban J connectivity index is 2.01. The summed E-state index contributed by atoms with van der Waals surface area (Å²) in [6, 6.07) is 5.78. The molecule has 0 N–H and O–H groups in total. The molecule has 2 rings (SSSR count). The molecule has 1 amide bonds. The highest BCUT2D eigenvalue weighted by Gasteiger charge is 2.07. The molecule has 0 aliphatic rings. The maximum atomic E-state index is 11.1. The van der Waals surface area contributed by atoms with Crippen molar-refractivity contribution in [3.63, 3.8) is 0 Å². The van der Waals surface area contributed by atoms with Crippen molar-refractivity contribution >= 4 is 17.2 Å². The molecule has 2 heterocycles. The van der Waals surface area contributed by atoms with E-state index in [2.05, 4.69) is 9.97 Å². The standard InChI is InChI=1S/C13H15N3OS/c1-10(17)16(2)8-6-13-15-12(9-18-13)11-5-3-4-7-14-11/h3-5,7,9H,6,8H2,1-2H3. The van der Waals surface area contributed by atoms with Crippen molar-refractivity contribution in [1.29, 1.82) is 0 Å². The number of amides is 1. The lowest BCUT2D eigenvalue weighted by Gasteiger charge is -2.12. The fraction of sp³-hybridized carbons (Fsp3) is 0.308. The molecule has 18 heavy (non-hydrogen) atoms. The number of likely N-dealkylation sites (N-methyl/N-ethyl adjacent to an activating group) is 1. The zero-order valence-electron chi connectivity index (χ0n) is 10.5. The van der Waals surface area contributed by atoms with Gasteiger partial charge in [0.15, 0.2) is 0 Å². The van der Waals surface area contributed by atoms with E-state index < -0.39 is 0 Å². The van der Waals surface area contributed by atoms with E-state index in [1.165, 1.54) is 0 Å². The van der Waals surface area contributed by atoms with Gasteiger partial charge < -0.3 is 4.90 Å². The molecule has 4 nitrogen and oxygen atoms in total. The minimum atomic E-state index is 0.0801. The molecular weight excluding hydrogens is 246 g/mol. The van der Waals surface area contributed by atoms with Crippen molar-refractivity contribution < 1.29 is 4.79 Å². The molecular formula is C13H15N3OS. The van der Waals surface area contributed by atoms with Crippen LogP contribution in [-0.4, -0.2) is 34.4 Å². The van der Waals surface area contributed by atoms with Crippen LogP contribution in [0.4, 0.5) is 0 Å². The van der Waals surface area contributed by atoms with Gasteiger partial charge in [-0.15, -0.1) is 11.3 Å². The highest BCUT2D eigenvalue weighted by molar-refractivity contribution is 7.09. The number of hydrogen-bond acceptors (Lipinski definition) is 4. The Morgan fingerprint density at radius 1 is 1.39 bits per heavy atom. The monoisotopic (exact) mass is 261 g/mol. The second kappa shape index (κ2) is 5.73. The van der Waals surface area contributed by atoms with Crippen LogP contribution in [0.2, 0.25) is 0 Å². The average molecular weight is 261 g/mol. The first kappa shape index (κ1) is 12.7. The lowest BCUT2D eigenvalue weighted by atomic mass is 10.3. The smallest absolute Gasteiger partial charge is 0.219 e. The van der Waals surface area contributed by atoms with Gasteiger partial charge in [0.1, 0.15) is 0 Å². The molecule has 0 aliphatic carbocycles. The van der Waals surface area contributed by atoms with Gasteiger partial charge in [-0.05, 0) is 12.1 Å². The summed E-state index contributed by atoms with van der Waals surface area (Å²) in [6.07, 6.45) is 2.55. The Bertz CT molecular complexity index is 524. The highest BCUT2D eigenvalue weighted by Crippen LogP contribution is 2.19. The highest BCUT2D eigenvalue weighted by atomic mass is 32.1. The summed E-state index contributed by atoms with van der Waals surface area (Å²) < 4.78 is 0. The van der Waals surface area contributed by atoms with Crippen LogP contribution in [-0.2, 0) is 11.2 Å². The van der Waals surface area contributed by atoms with Crippen LogP contribution in [0.1, 0.15) is 11.9 Å². The third-order valence-corrected chi connectivity index (χ3v) is 3.59. The van der Waals surface area contributed by atoms with E-state index in [0.29, 0.717) is 6.54 Å². The van der Waals surface area contributed by atoms with E-state index in [4.69, 9.17) is 0 Å². The fourth-order valence-electron chi connectivity index (χ4n) is 1.48. The molecule has 5 heteroatoms. The Labute approximate surface area is 110 Å². The first-order valence-corrected chi connectivity index (χ1v) is 6.62. The molecule has 0 fully saturated rings. The summed E-state index contributed by atoms with van der Waals surface area (Å²) in [7, 11) is 1.80. The van der Waals surface area contributed by atoms with Crippen molar-refractivity contribution in [3.8, 4) is 11.4 Å². The van der Waals surface area contributed by atoms with Crippen LogP contribution in [0, 0.1) is 0 Å². The van der Waals surface area contributed by atoms with Crippen molar-refractivity contribution in [2.45, 2.75) is 13.3 Å². The molecule has 0 atom stereocenters. The zero-order valence-corrected chi connectivity index (χ0v) is 11.3. The Kier molecular flexibility index (Phi) is 4.04. The molecule has 94 valence electrons. The number of aromatic nitrogens is 2. The van der Waals surface area contributed by atoms with E-state index in [-0.39, 0.29) is 5.91 Å². The number of thiazole rings is 1. The van der Waals surface area contributed by atoms with Crippen molar-refractivity contribution in [2.75, 3.05) is 13.6 Å². The maximum Gasteiger partial charge on any atom is 0.219 e. The van der Waals surface area contributed by atoms with Crippen LogP contribution in [0.5, 0.6) is 0 Å². The predicted molar refractivity (Wildman–Crippen MR) is 72.4 cm³/mol. The van der Waals surface area contributed by atoms with E-state index in [9.17, 15) is 4.79 Å². The van der Waals surface area contributed by atoms with Gasteiger partial charge in [0, 0.05) is 38.5 Å². The van der Waals surface area contributed by atoms with Crippen molar-refractivity contribution in [2.24, 2.45) is 0 Å². The predicted octanol–water partition coefficient (Wildman–Crippen LogP) is 2.23. The van der Waals surface area contributed by atoms with Gasteiger partial charge in [-0.1, -0.05) is 6.07 Å². The molecule has 0 aliphatic heterocycles. The number of hydrogen-bond donors (Lipinski definition) is 0. The van der Waals surface area contributed by atoms with Crippen molar-refractivity contribution in [3.05, 3.63) is 34.8 Å². The minimum Gasteiger partial charge on any atom is -0.346 e. The molecule has 2 aromatic heterocycles. The summed E-state index contributed by atoms with van der Waals surface area (Å²) in [4.78, 5) is 21.6. The van der Waals surface area contributed by atoms with Crippen LogP contribution in [0.3, 0.4) is 0 Å². The summed E-state index contributed by atoms with van der Waals surface area (Å²) in [5.74, 6) is 0.0801. The number of carbonyl (C=O) groups is 1. The summed E-state index contributed by atoms with van der Waals surface area (Å²) in [5.41, 5.74) is 1.79. The van der Waals surface area contributed by atoms with E-state index >= 15 is 0 Å². The molecule has 0 saturated heterocycles. The van der Waals surface area contributed by atoms with E-state index in [0.717, 1.165) is 22.8 Å². The normalized spacial score (nSPS) is 10.3. The second-order valence-corrected chi connectivity index (χ2v) is 4.97. The first-order valence-electron chi connectivity index (χ1n) is 5.74. The summed E-state index contributed by atoms with van der Waals surface area (Å²) >= 11 is 1.61. The molecule has 2 aromatic rings. The van der Waals surface area contributed by atoms with Gasteiger partial charge in [0.25, 0.3) is 0 Å². The van der Waals surface area contributed by atoms with Crippen LogP contribution < -0.4 is 0 Å². The molecule has 0 unspecified atom stereocenters. The Morgan fingerprint density at radius 2 is 2.22 bits per heavy atom. The Morgan fingerprint density at radius 3 is 2.89 bits per heavy atom. The summed E-state index contributed by atoms with van der Waals surface area (Å²) in [5, 5.41) is 3.04. The molecule has 0 bridgehead atoms. The fourth-order valence-corrected chi connectivity index (χ4v) is 2.26. The van der Waals surface area contributed by atoms with Gasteiger partial charge in [-0.25, -0.2) is 4.98 Å². The lowest BCUT2D eigenvalue weighted by molar-refractivity contribution is -0.127. The van der Waals surface area contributed by atoms with Crippen LogP contribution in [0.25, 0.3) is 11.4 Å². The largest absolute Gasteiger partial charge is 0.346 e. The third-order valence-electron chi connectivity index (χ3n) is 2.68. The third kappa shape index (κ3) is 3.13. The van der Waals surface area contributed by atoms with Crippen LogP contribution in [0.15, 0.2) is 29.8 Å². The topological polar surface area (TPSA) is 46.1 Å². The number of carbonyl (C=O) groups excluding carboxylic acids is 1. The van der Waals surface area contributed by atoms with Gasteiger partial charge in [0.2, 0.25) is 5.91 Å². The van der Waals surface area contributed by atoms with Crippen molar-refractivity contribution in [1.82, 2.24) is 14.9 Å². The maximum absolute atomic E-state index is 11.1. The molecule has 0 aromatic carbocycles. The second-order valence-electron chi connectivity index (χ2n) is 4.03. The molecule has 0 saturated carbocycles. The SMILES string of the molecule is CC(=O)N(C)CCc1nc(-c2ccccn2)cs1. The number of pyridine rings is 1. The average Bonchev–Trinajstić information content (AvgIpc) is 2.85. The quantitative estimate of drug-likeness (QED) is 0.848. The van der Waals surface area contributed by atoms with Gasteiger partial charge in [0.05, 0.1) is 16.4 Å². The molecule has 0 radical (unpaired) electrons. The first-order chi connectivity index (χ1) is 8.66. The molecule has 0 spiro atoms. The van der Waals surface area contributed by atoms with Gasteiger partial charge in [-0.2, -0.15) is 0 Å². The van der Waals surface area contributed by atoms with Gasteiger partial charge in [-0.3, -0.25) is 9.78 Å². The zero-order chi connectivity index (χ0) is 13.0. The lowest BCUT2D eigenvalue weighted by Crippen LogP contribution is -2.26. The van der Waals surface area contributed by atoms with E-state index in [1.807, 2.05) is 23.6 Å².